The van der Waals surface area contributed by atoms with Crippen molar-refractivity contribution in [3.8, 4) is 28.3 Å². The zero-order chi connectivity index (χ0) is 23.9. The molecular weight excluding hydrogens is 448 g/mol. The van der Waals surface area contributed by atoms with Crippen molar-refractivity contribution < 1.29 is 14.1 Å². The van der Waals surface area contributed by atoms with Gasteiger partial charge in [-0.15, -0.1) is 0 Å². The normalized spacial score (nSPS) is 14.0. The van der Waals surface area contributed by atoms with Gasteiger partial charge >= 0.3 is 0 Å². The van der Waals surface area contributed by atoms with Crippen LogP contribution in [0.1, 0.15) is 0 Å². The molecule has 0 saturated carbocycles. The van der Waals surface area contributed by atoms with Crippen molar-refractivity contribution in [1.82, 2.24) is 9.78 Å². The molecule has 0 atom stereocenters. The first kappa shape index (κ1) is 21.1. The standard InChI is InChI=1S/C26H20N4O5/c31-26-20-6-2-1-5-19(20)24(21-9-7-17-4-3-13-35-25(17)21)27-29(26)23-16-18(8-10-22(23)30(32)33)28-11-14-34-15-12-28/h1-10,13,16H,11-12,14-15H2. The molecule has 35 heavy (non-hydrogen) atoms. The summed E-state index contributed by atoms with van der Waals surface area (Å²) >= 11 is 0. The highest BCUT2D eigenvalue weighted by molar-refractivity contribution is 5.98. The van der Waals surface area contributed by atoms with Crippen LogP contribution in [0.4, 0.5) is 11.4 Å². The number of ether oxygens (including phenoxy) is 1. The molecule has 174 valence electrons. The van der Waals surface area contributed by atoms with Crippen molar-refractivity contribution in [3.63, 3.8) is 0 Å². The van der Waals surface area contributed by atoms with Crippen LogP contribution in [-0.2, 0) is 4.74 Å². The van der Waals surface area contributed by atoms with E-state index >= 15 is 0 Å². The summed E-state index contributed by atoms with van der Waals surface area (Å²) in [6.45, 7) is 2.45. The minimum absolute atomic E-state index is 0.115. The Kier molecular flexibility index (Phi) is 5.04. The average Bonchev–Trinajstić information content (AvgIpc) is 3.33. The Bertz CT molecular complexity index is 1600. The van der Waals surface area contributed by atoms with E-state index in [4.69, 9.17) is 9.15 Å². The van der Waals surface area contributed by atoms with Gasteiger partial charge in [0.25, 0.3) is 11.2 Å². The highest BCUT2D eigenvalue weighted by atomic mass is 16.6. The van der Waals surface area contributed by atoms with Crippen LogP contribution in [-0.4, -0.2) is 41.0 Å². The van der Waals surface area contributed by atoms with Crippen molar-refractivity contribution in [2.75, 3.05) is 31.2 Å². The van der Waals surface area contributed by atoms with Gasteiger partial charge < -0.3 is 14.1 Å². The number of nitrogens with zero attached hydrogens (tertiary/aromatic N) is 4. The summed E-state index contributed by atoms with van der Waals surface area (Å²) in [5.74, 6) is 0.631. The highest BCUT2D eigenvalue weighted by Gasteiger charge is 2.24. The molecule has 9 heteroatoms. The lowest BCUT2D eigenvalue weighted by Gasteiger charge is -2.29. The fourth-order valence-corrected chi connectivity index (χ4v) is 4.59. The lowest BCUT2D eigenvalue weighted by Crippen LogP contribution is -2.36. The molecule has 0 radical (unpaired) electrons. The third-order valence-corrected chi connectivity index (χ3v) is 6.30. The van der Waals surface area contributed by atoms with Gasteiger partial charge in [-0.1, -0.05) is 24.3 Å². The average molecular weight is 468 g/mol. The van der Waals surface area contributed by atoms with E-state index in [0.29, 0.717) is 54.1 Å². The molecule has 9 nitrogen and oxygen atoms in total. The number of benzene rings is 2. The maximum atomic E-state index is 13.6. The molecule has 0 amide bonds. The van der Waals surface area contributed by atoms with Gasteiger partial charge in [-0.25, -0.2) is 0 Å². The van der Waals surface area contributed by atoms with E-state index in [1.807, 2.05) is 30.3 Å². The summed E-state index contributed by atoms with van der Waals surface area (Å²) in [4.78, 5) is 27.1. The van der Waals surface area contributed by atoms with Crippen LogP contribution in [0.15, 0.2) is 82.2 Å². The molecule has 3 heterocycles. The van der Waals surface area contributed by atoms with Gasteiger partial charge in [0.05, 0.1) is 29.8 Å². The van der Waals surface area contributed by atoms with Gasteiger partial charge in [-0.05, 0) is 36.4 Å². The first-order valence-electron chi connectivity index (χ1n) is 11.2. The van der Waals surface area contributed by atoms with Gasteiger partial charge in [0.2, 0.25) is 0 Å². The van der Waals surface area contributed by atoms with Gasteiger partial charge in [0.15, 0.2) is 0 Å². The predicted molar refractivity (Wildman–Crippen MR) is 131 cm³/mol. The minimum atomic E-state index is -0.491. The summed E-state index contributed by atoms with van der Waals surface area (Å²) < 4.78 is 12.3. The molecule has 1 aromatic heterocycles. The smallest absolute Gasteiger partial charge is 0.295 e. The number of aromatic nitrogens is 2. The molecule has 3 aromatic rings. The van der Waals surface area contributed by atoms with Crippen LogP contribution in [0.2, 0.25) is 0 Å². The summed E-state index contributed by atoms with van der Waals surface area (Å²) in [5, 5.41) is 17.7. The Morgan fingerprint density at radius 2 is 1.74 bits per heavy atom. The maximum absolute atomic E-state index is 13.6. The minimum Gasteiger partial charge on any atom is -0.464 e. The lowest BCUT2D eigenvalue weighted by molar-refractivity contribution is -0.384. The number of hydrogen-bond acceptors (Lipinski definition) is 7. The highest BCUT2D eigenvalue weighted by Crippen LogP contribution is 2.37. The Hall–Kier alpha value is -4.50. The Morgan fingerprint density at radius 1 is 0.943 bits per heavy atom. The Morgan fingerprint density at radius 3 is 2.54 bits per heavy atom. The lowest BCUT2D eigenvalue weighted by atomic mass is 10.1. The molecule has 0 unspecified atom stereocenters. The van der Waals surface area contributed by atoms with Gasteiger partial charge in [-0.2, -0.15) is 9.78 Å². The molecule has 0 bridgehead atoms. The van der Waals surface area contributed by atoms with Crippen molar-refractivity contribution in [3.05, 3.63) is 93.5 Å². The number of nitro groups is 1. The summed E-state index contributed by atoms with van der Waals surface area (Å²) in [6.07, 6.45) is 1.58. The van der Waals surface area contributed by atoms with Crippen molar-refractivity contribution in [1.29, 1.82) is 0 Å². The van der Waals surface area contributed by atoms with E-state index in [1.165, 1.54) is 6.07 Å². The quantitative estimate of drug-likeness (QED) is 0.283. The third kappa shape index (κ3) is 3.53. The molecule has 3 aliphatic rings. The van der Waals surface area contributed by atoms with E-state index in [9.17, 15) is 14.9 Å². The Labute approximate surface area is 199 Å². The molecule has 1 aliphatic carbocycles. The number of hydrogen-bond donors (Lipinski definition) is 0. The van der Waals surface area contributed by atoms with E-state index in [0.717, 1.165) is 15.9 Å². The van der Waals surface area contributed by atoms with E-state index in [2.05, 4.69) is 10.00 Å². The van der Waals surface area contributed by atoms with Crippen molar-refractivity contribution in [2.24, 2.45) is 0 Å². The molecule has 0 spiro atoms. The zero-order valence-electron chi connectivity index (χ0n) is 18.6. The van der Waals surface area contributed by atoms with Crippen LogP contribution in [0.5, 0.6) is 0 Å². The molecule has 1 saturated heterocycles. The second-order valence-corrected chi connectivity index (χ2v) is 8.29. The fraction of sp³-hybridized carbons (Fsp3) is 0.154. The van der Waals surface area contributed by atoms with Gasteiger partial charge in [0.1, 0.15) is 17.1 Å². The molecule has 6 rings (SSSR count). The SMILES string of the molecule is O=c1c2ccccc2c(-c2ccc3cccoc2-3)nn1-c1cc(N2CCOCC2)ccc1[N+](=O)[O-]. The molecule has 0 N–H and O–H groups in total. The molecule has 2 aliphatic heterocycles. The van der Waals surface area contributed by atoms with Crippen LogP contribution in [0, 0.1) is 10.1 Å². The maximum Gasteiger partial charge on any atom is 0.295 e. The Balaban J connectivity index is 1.63. The number of nitro benzene ring substituents is 1. The predicted octanol–water partition coefficient (Wildman–Crippen LogP) is 4.50. The summed E-state index contributed by atoms with van der Waals surface area (Å²) in [5.41, 5.74) is 2.37. The third-order valence-electron chi connectivity index (χ3n) is 6.30. The first-order chi connectivity index (χ1) is 17.1. The number of morpholine rings is 1. The number of rotatable bonds is 4. The summed E-state index contributed by atoms with van der Waals surface area (Å²) in [6, 6.07) is 19.5. The first-order valence-corrected chi connectivity index (χ1v) is 11.2. The van der Waals surface area contributed by atoms with Gasteiger partial charge in [0, 0.05) is 41.4 Å². The largest absolute Gasteiger partial charge is 0.464 e. The number of fused-ring (bicyclic) bond motifs is 2. The zero-order valence-corrected chi connectivity index (χ0v) is 18.6. The van der Waals surface area contributed by atoms with Crippen LogP contribution < -0.4 is 10.5 Å². The van der Waals surface area contributed by atoms with Crippen LogP contribution >= 0.6 is 0 Å². The summed E-state index contributed by atoms with van der Waals surface area (Å²) in [7, 11) is 0. The van der Waals surface area contributed by atoms with Crippen LogP contribution in [0.3, 0.4) is 0 Å². The fourth-order valence-electron chi connectivity index (χ4n) is 4.59. The van der Waals surface area contributed by atoms with Crippen molar-refractivity contribution in [2.45, 2.75) is 0 Å². The number of anilines is 1. The molecular formula is C26H20N4O5. The topological polar surface area (TPSA) is 104 Å². The molecule has 2 aromatic carbocycles. The second kappa shape index (κ2) is 8.37. The second-order valence-electron chi connectivity index (χ2n) is 8.29. The molecule has 1 fully saturated rings. The van der Waals surface area contributed by atoms with Gasteiger partial charge in [-0.3, -0.25) is 14.9 Å². The monoisotopic (exact) mass is 468 g/mol. The van der Waals surface area contributed by atoms with Crippen LogP contribution in [0.25, 0.3) is 39.0 Å². The van der Waals surface area contributed by atoms with E-state index in [1.54, 1.807) is 36.6 Å². The van der Waals surface area contributed by atoms with Crippen molar-refractivity contribution >= 4 is 22.1 Å². The van der Waals surface area contributed by atoms with E-state index in [-0.39, 0.29) is 11.4 Å². The van der Waals surface area contributed by atoms with E-state index < -0.39 is 10.5 Å².